The quantitative estimate of drug-likeness (QED) is 0.0420. The highest BCUT2D eigenvalue weighted by Crippen LogP contribution is 2.17. The first-order valence-electron chi connectivity index (χ1n) is 35.3. The molecule has 0 aromatic heterocycles. The predicted molar refractivity (Wildman–Crippen MR) is 377 cm³/mol. The summed E-state index contributed by atoms with van der Waals surface area (Å²) in [5.74, 6) is -0.102. The number of hydrogen-bond donors (Lipinski definition) is 3. The molecule has 0 rings (SSSR count). The minimum Gasteiger partial charge on any atom is -0.394 e. The topological polar surface area (TPSA) is 69.6 Å². The van der Waals surface area contributed by atoms with Gasteiger partial charge in [0.05, 0.1) is 18.8 Å². The van der Waals surface area contributed by atoms with Gasteiger partial charge in [0.15, 0.2) is 0 Å². The number of nitrogens with one attached hydrogen (secondary N) is 1. The molecule has 4 nitrogen and oxygen atoms in total. The van der Waals surface area contributed by atoms with Crippen molar-refractivity contribution in [2.75, 3.05) is 6.61 Å². The lowest BCUT2D eigenvalue weighted by molar-refractivity contribution is -0.123. The van der Waals surface area contributed by atoms with Crippen molar-refractivity contribution in [3.8, 4) is 0 Å². The normalized spacial score (nSPS) is 13.8. The lowest BCUT2D eigenvalue weighted by Crippen LogP contribution is -2.45. The van der Waals surface area contributed by atoms with E-state index >= 15 is 0 Å². The van der Waals surface area contributed by atoms with Crippen molar-refractivity contribution in [1.29, 1.82) is 0 Å². The van der Waals surface area contributed by atoms with Crippen molar-refractivity contribution in [2.45, 2.75) is 321 Å². The van der Waals surface area contributed by atoms with Gasteiger partial charge in [-0.25, -0.2) is 0 Å². The summed E-state index contributed by atoms with van der Waals surface area (Å²) in [5.41, 5.74) is 0. The summed E-state index contributed by atoms with van der Waals surface area (Å²) in [6, 6.07) is -0.672. The molecule has 4 heteroatoms. The van der Waals surface area contributed by atoms with Gasteiger partial charge < -0.3 is 15.5 Å². The molecule has 3 N–H and O–H groups in total. The molecule has 0 saturated carbocycles. The van der Waals surface area contributed by atoms with Gasteiger partial charge in [0, 0.05) is 6.42 Å². The second-order valence-electron chi connectivity index (χ2n) is 23.2. The van der Waals surface area contributed by atoms with Gasteiger partial charge >= 0.3 is 0 Å². The molecule has 84 heavy (non-hydrogen) atoms. The standard InChI is InChI=1S/C80H133NO3/c1-3-5-7-9-11-13-15-17-19-21-23-25-27-29-31-33-35-37-38-39-40-41-42-44-46-48-50-52-54-56-58-60-62-64-66-68-70-72-74-76-80(84)81-78(77-82)79(83)75-73-71-69-67-65-63-61-59-57-55-53-51-49-47-45-43-36-34-32-30-28-26-24-22-20-18-16-14-12-10-8-6-4-2/h5,7,11,13,17,19,23,25,29,31,35,37,39-40,42,44,48,50,54,56-57,59-60,62,65,67,73,75,78-79,82-83H,3-4,6,8-10,12,14-16,18,20-22,24,26-28,30,32-34,36,38,41,43,45-47,49,51-53,55,58,61,63-64,66,68-72,74,76-77H2,1-2H3,(H,81,84)/b7-5-,13-11-,19-17-,25-23-,31-29-,37-35-,40-39-,44-42-,50-48-,56-54-,59-57+,62-60-,67-65+,75-73+. The molecular weight excluding hydrogens is 1020 g/mol. The van der Waals surface area contributed by atoms with Crippen LogP contribution in [0.1, 0.15) is 309 Å². The fourth-order valence-electron chi connectivity index (χ4n) is 9.86. The van der Waals surface area contributed by atoms with Crippen LogP contribution in [0, 0.1) is 0 Å². The molecule has 1 amide bonds. The van der Waals surface area contributed by atoms with Crippen LogP contribution in [-0.2, 0) is 4.79 Å². The van der Waals surface area contributed by atoms with E-state index in [2.05, 4.69) is 177 Å². The number of rotatable bonds is 63. The molecule has 0 aliphatic carbocycles. The van der Waals surface area contributed by atoms with Gasteiger partial charge in [-0.3, -0.25) is 4.79 Å². The average Bonchev–Trinajstić information content (AvgIpc) is 3.51. The molecule has 0 aromatic rings. The van der Waals surface area contributed by atoms with Gasteiger partial charge in [0.2, 0.25) is 5.91 Å². The number of hydrogen-bond acceptors (Lipinski definition) is 3. The first kappa shape index (κ1) is 79.8. The number of aliphatic hydroxyl groups is 2. The van der Waals surface area contributed by atoms with Crippen LogP contribution < -0.4 is 5.32 Å². The summed E-state index contributed by atoms with van der Waals surface area (Å²) in [5, 5.41) is 23.2. The van der Waals surface area contributed by atoms with Crippen LogP contribution in [0.5, 0.6) is 0 Å². The fraction of sp³-hybridized carbons (Fsp3) is 0.637. The Labute approximate surface area is 521 Å². The molecule has 0 spiro atoms. The van der Waals surface area contributed by atoms with E-state index in [0.717, 1.165) is 128 Å². The van der Waals surface area contributed by atoms with Gasteiger partial charge in [0.1, 0.15) is 0 Å². The van der Waals surface area contributed by atoms with Crippen molar-refractivity contribution in [3.05, 3.63) is 170 Å². The van der Waals surface area contributed by atoms with E-state index in [1.165, 1.54) is 161 Å². The van der Waals surface area contributed by atoms with Crippen LogP contribution >= 0.6 is 0 Å². The van der Waals surface area contributed by atoms with E-state index in [-0.39, 0.29) is 12.5 Å². The van der Waals surface area contributed by atoms with Crippen LogP contribution in [0.4, 0.5) is 0 Å². The van der Waals surface area contributed by atoms with Gasteiger partial charge in [-0.05, 0) is 128 Å². The van der Waals surface area contributed by atoms with Gasteiger partial charge in [-0.15, -0.1) is 0 Å². The highest BCUT2D eigenvalue weighted by atomic mass is 16.3. The van der Waals surface area contributed by atoms with Crippen molar-refractivity contribution in [3.63, 3.8) is 0 Å². The first-order valence-corrected chi connectivity index (χ1v) is 35.3. The van der Waals surface area contributed by atoms with Crippen molar-refractivity contribution in [1.82, 2.24) is 5.32 Å². The molecular formula is C80H133NO3. The maximum Gasteiger partial charge on any atom is 0.220 e. The SMILES string of the molecule is CC/C=C\C/C=C\C/C=C\C/C=C\C/C=C\C/C=C\C/C=C\C/C=C\C/C=C\C/C=C\C/C=C\CCCCCCCC(=O)NC(CO)C(O)/C=C/CC/C=C/CC/C=C/CCCCCCCCCCCCCCCCCCCCCCCCC. The van der Waals surface area contributed by atoms with E-state index in [0.29, 0.717) is 6.42 Å². The molecule has 0 saturated heterocycles. The zero-order valence-corrected chi connectivity index (χ0v) is 54.9. The minimum absolute atomic E-state index is 0.102. The van der Waals surface area contributed by atoms with Crippen LogP contribution in [0.25, 0.3) is 0 Å². The average molecular weight is 1160 g/mol. The largest absolute Gasteiger partial charge is 0.394 e. The van der Waals surface area contributed by atoms with Crippen molar-refractivity contribution in [2.24, 2.45) is 0 Å². The summed E-state index contributed by atoms with van der Waals surface area (Å²) in [6.07, 6.45) is 117. The van der Waals surface area contributed by atoms with E-state index in [4.69, 9.17) is 0 Å². The third-order valence-electron chi connectivity index (χ3n) is 15.2. The Morgan fingerprint density at radius 2 is 0.536 bits per heavy atom. The highest BCUT2D eigenvalue weighted by Gasteiger charge is 2.18. The molecule has 0 aromatic carbocycles. The van der Waals surface area contributed by atoms with Crippen LogP contribution in [0.15, 0.2) is 170 Å². The second kappa shape index (κ2) is 73.0. The van der Waals surface area contributed by atoms with Gasteiger partial charge in [-0.2, -0.15) is 0 Å². The summed E-state index contributed by atoms with van der Waals surface area (Å²) in [7, 11) is 0. The predicted octanol–water partition coefficient (Wildman–Crippen LogP) is 24.6. The molecule has 0 fully saturated rings. The minimum atomic E-state index is -0.894. The molecule has 2 unspecified atom stereocenters. The maximum atomic E-state index is 12.5. The molecule has 0 aliphatic heterocycles. The van der Waals surface area contributed by atoms with Crippen LogP contribution in [0.3, 0.4) is 0 Å². The molecule has 476 valence electrons. The van der Waals surface area contributed by atoms with Gasteiger partial charge in [-0.1, -0.05) is 344 Å². The number of carbonyl (C=O) groups is 1. The van der Waals surface area contributed by atoms with Crippen molar-refractivity contribution < 1.29 is 15.0 Å². The Kier molecular flexibility index (Phi) is 69.3. The fourth-order valence-corrected chi connectivity index (χ4v) is 9.86. The van der Waals surface area contributed by atoms with E-state index in [1.807, 2.05) is 6.08 Å². The van der Waals surface area contributed by atoms with E-state index in [9.17, 15) is 15.0 Å². The molecule has 0 aliphatic rings. The number of carbonyl (C=O) groups excluding carboxylic acids is 1. The van der Waals surface area contributed by atoms with Crippen LogP contribution in [-0.4, -0.2) is 34.9 Å². The Morgan fingerprint density at radius 3 is 0.833 bits per heavy atom. The zero-order valence-electron chi connectivity index (χ0n) is 54.9. The van der Waals surface area contributed by atoms with Crippen LogP contribution in [0.2, 0.25) is 0 Å². The maximum absolute atomic E-state index is 12.5. The second-order valence-corrected chi connectivity index (χ2v) is 23.2. The molecule has 0 heterocycles. The summed E-state index contributed by atoms with van der Waals surface area (Å²) in [4.78, 5) is 12.5. The highest BCUT2D eigenvalue weighted by molar-refractivity contribution is 5.76. The smallest absolute Gasteiger partial charge is 0.220 e. The number of amides is 1. The number of allylic oxidation sites excluding steroid dienone is 27. The number of unbranched alkanes of at least 4 members (excludes halogenated alkanes) is 30. The summed E-state index contributed by atoms with van der Waals surface area (Å²) >= 11 is 0. The zero-order chi connectivity index (χ0) is 60.5. The lowest BCUT2D eigenvalue weighted by Gasteiger charge is -2.19. The lowest BCUT2D eigenvalue weighted by atomic mass is 10.0. The Bertz CT molecular complexity index is 1790. The van der Waals surface area contributed by atoms with Gasteiger partial charge in [0.25, 0.3) is 0 Å². The molecule has 0 bridgehead atoms. The van der Waals surface area contributed by atoms with E-state index in [1.54, 1.807) is 6.08 Å². The Hall–Kier alpha value is -4.25. The van der Waals surface area contributed by atoms with E-state index < -0.39 is 12.1 Å². The molecule has 2 atom stereocenters. The Balaban J connectivity index is 3.66. The summed E-state index contributed by atoms with van der Waals surface area (Å²) in [6.45, 7) is 4.18. The van der Waals surface area contributed by atoms with Crippen molar-refractivity contribution >= 4 is 5.91 Å². The first-order chi connectivity index (χ1) is 41.7. The monoisotopic (exact) mass is 1160 g/mol. The third-order valence-corrected chi connectivity index (χ3v) is 15.2. The molecule has 0 radical (unpaired) electrons. The Morgan fingerprint density at radius 1 is 0.298 bits per heavy atom. The number of aliphatic hydroxyl groups excluding tert-OH is 2. The summed E-state index contributed by atoms with van der Waals surface area (Å²) < 4.78 is 0. The third kappa shape index (κ3) is 68.5.